The molecule has 1 heterocycles. The predicted octanol–water partition coefficient (Wildman–Crippen LogP) is 1.62. The fourth-order valence-corrected chi connectivity index (χ4v) is 4.76. The zero-order valence-electron chi connectivity index (χ0n) is 13.1. The van der Waals surface area contributed by atoms with E-state index in [9.17, 15) is 8.42 Å². The molecule has 1 N–H and O–H groups in total. The maximum atomic E-state index is 11.6. The molecule has 0 aliphatic carbocycles. The first kappa shape index (κ1) is 18.3. The second-order valence-corrected chi connectivity index (χ2v) is 9.18. The Morgan fingerprint density at radius 2 is 2.15 bits per heavy atom. The first-order chi connectivity index (χ1) is 9.50. The standard InChI is InChI=1S/C14H30N2O2S2/c1-4-8-15-13(7-6-11-20(17,18)5-2)14-12-19-10-9-16(14)3/h13-15H,4-12H2,1-3H3. The van der Waals surface area contributed by atoms with Crippen molar-refractivity contribution in [2.24, 2.45) is 0 Å². The molecular formula is C14H30N2O2S2. The van der Waals surface area contributed by atoms with Gasteiger partial charge in [-0.25, -0.2) is 8.42 Å². The third-order valence-electron chi connectivity index (χ3n) is 3.97. The van der Waals surface area contributed by atoms with E-state index in [0.717, 1.165) is 38.1 Å². The predicted molar refractivity (Wildman–Crippen MR) is 89.4 cm³/mol. The number of hydrogen-bond acceptors (Lipinski definition) is 5. The summed E-state index contributed by atoms with van der Waals surface area (Å²) in [4.78, 5) is 2.43. The van der Waals surface area contributed by atoms with E-state index in [4.69, 9.17) is 0 Å². The van der Waals surface area contributed by atoms with Crippen LogP contribution in [0.1, 0.15) is 33.1 Å². The Morgan fingerprint density at radius 1 is 1.40 bits per heavy atom. The monoisotopic (exact) mass is 322 g/mol. The SMILES string of the molecule is CCCNC(CCCS(=O)(=O)CC)C1CSCCN1C. The normalized spacial score (nSPS) is 22.9. The van der Waals surface area contributed by atoms with Crippen molar-refractivity contribution in [2.75, 3.05) is 43.1 Å². The summed E-state index contributed by atoms with van der Waals surface area (Å²) in [6.45, 7) is 6.05. The Morgan fingerprint density at radius 3 is 2.75 bits per heavy atom. The van der Waals surface area contributed by atoms with Crippen LogP contribution < -0.4 is 5.32 Å². The van der Waals surface area contributed by atoms with Crippen LogP contribution in [-0.4, -0.2) is 68.5 Å². The number of rotatable bonds is 9. The average molecular weight is 323 g/mol. The van der Waals surface area contributed by atoms with Crippen molar-refractivity contribution in [3.05, 3.63) is 0 Å². The number of nitrogens with zero attached hydrogens (tertiary/aromatic N) is 1. The highest BCUT2D eigenvalue weighted by molar-refractivity contribution is 7.99. The molecule has 2 unspecified atom stereocenters. The van der Waals surface area contributed by atoms with Gasteiger partial charge in [0.1, 0.15) is 9.84 Å². The van der Waals surface area contributed by atoms with Gasteiger partial charge in [0.15, 0.2) is 0 Å². The minimum absolute atomic E-state index is 0.263. The van der Waals surface area contributed by atoms with E-state index < -0.39 is 9.84 Å². The highest BCUT2D eigenvalue weighted by Crippen LogP contribution is 2.20. The van der Waals surface area contributed by atoms with Crippen LogP contribution in [0, 0.1) is 0 Å². The van der Waals surface area contributed by atoms with E-state index in [1.54, 1.807) is 6.92 Å². The van der Waals surface area contributed by atoms with E-state index in [0.29, 0.717) is 17.8 Å². The van der Waals surface area contributed by atoms with Crippen molar-refractivity contribution in [3.63, 3.8) is 0 Å². The molecule has 0 aromatic carbocycles. The van der Waals surface area contributed by atoms with Crippen molar-refractivity contribution < 1.29 is 8.42 Å². The van der Waals surface area contributed by atoms with E-state index in [1.807, 2.05) is 11.8 Å². The van der Waals surface area contributed by atoms with Gasteiger partial charge in [0.2, 0.25) is 0 Å². The molecule has 1 saturated heterocycles. The van der Waals surface area contributed by atoms with Gasteiger partial charge in [0, 0.05) is 35.9 Å². The van der Waals surface area contributed by atoms with Crippen LogP contribution in [0.5, 0.6) is 0 Å². The molecule has 1 fully saturated rings. The van der Waals surface area contributed by atoms with E-state index >= 15 is 0 Å². The number of hydrogen-bond donors (Lipinski definition) is 1. The van der Waals surface area contributed by atoms with Crippen LogP contribution in [-0.2, 0) is 9.84 Å². The topological polar surface area (TPSA) is 49.4 Å². The number of thioether (sulfide) groups is 1. The molecule has 0 radical (unpaired) electrons. The molecule has 0 amide bonds. The smallest absolute Gasteiger partial charge is 0.150 e. The third-order valence-corrected chi connectivity index (χ3v) is 6.81. The Labute approximate surface area is 129 Å². The summed E-state index contributed by atoms with van der Waals surface area (Å²) in [5.41, 5.74) is 0. The van der Waals surface area contributed by atoms with Gasteiger partial charge in [-0.2, -0.15) is 11.8 Å². The lowest BCUT2D eigenvalue weighted by molar-refractivity contribution is 0.207. The van der Waals surface area contributed by atoms with Gasteiger partial charge in [-0.1, -0.05) is 13.8 Å². The van der Waals surface area contributed by atoms with Gasteiger partial charge >= 0.3 is 0 Å². The fraction of sp³-hybridized carbons (Fsp3) is 1.00. The second kappa shape index (κ2) is 9.28. The van der Waals surface area contributed by atoms with Gasteiger partial charge in [0.25, 0.3) is 0 Å². The highest BCUT2D eigenvalue weighted by atomic mass is 32.2. The second-order valence-electron chi connectivity index (χ2n) is 5.56. The fourth-order valence-electron chi connectivity index (χ4n) is 2.56. The first-order valence-corrected chi connectivity index (χ1v) is 10.7. The van der Waals surface area contributed by atoms with Crippen LogP contribution in [0.15, 0.2) is 0 Å². The van der Waals surface area contributed by atoms with Crippen LogP contribution in [0.25, 0.3) is 0 Å². The van der Waals surface area contributed by atoms with Crippen molar-refractivity contribution in [1.82, 2.24) is 10.2 Å². The summed E-state index contributed by atoms with van der Waals surface area (Å²) in [7, 11) is -0.638. The van der Waals surface area contributed by atoms with Gasteiger partial charge in [0.05, 0.1) is 5.75 Å². The molecule has 0 aromatic rings. The van der Waals surface area contributed by atoms with E-state index in [-0.39, 0.29) is 5.75 Å². The number of likely N-dealkylation sites (N-methyl/N-ethyl adjacent to an activating group) is 1. The average Bonchev–Trinajstić information content (AvgIpc) is 2.43. The molecule has 4 nitrogen and oxygen atoms in total. The zero-order chi connectivity index (χ0) is 15.0. The Bertz CT molecular complexity index is 360. The molecule has 6 heteroatoms. The molecule has 0 saturated carbocycles. The quantitative estimate of drug-likeness (QED) is 0.699. The first-order valence-electron chi connectivity index (χ1n) is 7.72. The summed E-state index contributed by atoms with van der Waals surface area (Å²) >= 11 is 2.01. The molecule has 120 valence electrons. The van der Waals surface area contributed by atoms with Crippen LogP contribution in [0.3, 0.4) is 0 Å². The molecule has 2 atom stereocenters. The summed E-state index contributed by atoms with van der Waals surface area (Å²) in [5, 5.41) is 3.62. The molecular weight excluding hydrogens is 292 g/mol. The minimum atomic E-state index is -2.83. The molecule has 1 aliphatic rings. The van der Waals surface area contributed by atoms with Gasteiger partial charge in [-0.3, -0.25) is 0 Å². The summed E-state index contributed by atoms with van der Waals surface area (Å²) in [6, 6.07) is 0.949. The largest absolute Gasteiger partial charge is 0.312 e. The number of nitrogens with one attached hydrogen (secondary N) is 1. The lowest BCUT2D eigenvalue weighted by Crippen LogP contribution is -2.53. The Hall–Kier alpha value is 0.220. The van der Waals surface area contributed by atoms with Gasteiger partial charge in [-0.05, 0) is 32.9 Å². The van der Waals surface area contributed by atoms with Crippen LogP contribution in [0.2, 0.25) is 0 Å². The molecule has 1 rings (SSSR count). The van der Waals surface area contributed by atoms with Gasteiger partial charge in [-0.15, -0.1) is 0 Å². The number of sulfone groups is 1. The molecule has 1 aliphatic heterocycles. The Balaban J connectivity index is 2.50. The lowest BCUT2D eigenvalue weighted by Gasteiger charge is -2.38. The molecule has 0 bridgehead atoms. The van der Waals surface area contributed by atoms with Crippen molar-refractivity contribution >= 4 is 21.6 Å². The van der Waals surface area contributed by atoms with E-state index in [2.05, 4.69) is 24.2 Å². The highest BCUT2D eigenvalue weighted by Gasteiger charge is 2.27. The minimum Gasteiger partial charge on any atom is -0.312 e. The summed E-state index contributed by atoms with van der Waals surface area (Å²) in [6.07, 6.45) is 2.84. The maximum absolute atomic E-state index is 11.6. The van der Waals surface area contributed by atoms with Crippen molar-refractivity contribution in [2.45, 2.75) is 45.2 Å². The van der Waals surface area contributed by atoms with Crippen LogP contribution >= 0.6 is 11.8 Å². The van der Waals surface area contributed by atoms with Crippen molar-refractivity contribution in [1.29, 1.82) is 0 Å². The Kier molecular flexibility index (Phi) is 8.48. The van der Waals surface area contributed by atoms with E-state index in [1.165, 1.54) is 5.75 Å². The summed E-state index contributed by atoms with van der Waals surface area (Å²) in [5.74, 6) is 2.95. The maximum Gasteiger partial charge on any atom is 0.150 e. The zero-order valence-corrected chi connectivity index (χ0v) is 14.7. The summed E-state index contributed by atoms with van der Waals surface area (Å²) < 4.78 is 23.2. The molecule has 0 aromatic heterocycles. The van der Waals surface area contributed by atoms with Crippen molar-refractivity contribution in [3.8, 4) is 0 Å². The lowest BCUT2D eigenvalue weighted by atomic mass is 10.0. The molecule has 20 heavy (non-hydrogen) atoms. The third kappa shape index (κ3) is 6.33. The van der Waals surface area contributed by atoms with Gasteiger partial charge < -0.3 is 10.2 Å². The van der Waals surface area contributed by atoms with Crippen LogP contribution in [0.4, 0.5) is 0 Å². The molecule has 0 spiro atoms.